The van der Waals surface area contributed by atoms with Gasteiger partial charge >= 0.3 is 6.09 Å². The molecule has 19 heavy (non-hydrogen) atoms. The van der Waals surface area contributed by atoms with Gasteiger partial charge in [-0.25, -0.2) is 4.79 Å². The molecule has 1 N–H and O–H groups in total. The molecular formula is C13H16N2O4. The first-order valence-electron chi connectivity index (χ1n) is 6.10. The molecule has 0 saturated heterocycles. The predicted molar refractivity (Wildman–Crippen MR) is 70.6 cm³/mol. The average molecular weight is 264 g/mol. The van der Waals surface area contributed by atoms with Gasteiger partial charge in [0.15, 0.2) is 0 Å². The van der Waals surface area contributed by atoms with Crippen LogP contribution < -0.4 is 15.0 Å². The van der Waals surface area contributed by atoms with Crippen LogP contribution in [-0.2, 0) is 9.53 Å². The van der Waals surface area contributed by atoms with Crippen molar-refractivity contribution in [3.8, 4) is 5.75 Å². The minimum Gasteiger partial charge on any atom is -0.490 e. The van der Waals surface area contributed by atoms with E-state index in [1.165, 1.54) is 6.92 Å². The first-order valence-corrected chi connectivity index (χ1v) is 6.10. The summed E-state index contributed by atoms with van der Waals surface area (Å²) in [6.07, 6.45) is -0.520. The topological polar surface area (TPSA) is 67.9 Å². The van der Waals surface area contributed by atoms with E-state index in [9.17, 15) is 9.59 Å². The lowest BCUT2D eigenvalue weighted by Gasteiger charge is -2.29. The van der Waals surface area contributed by atoms with E-state index in [-0.39, 0.29) is 5.91 Å². The summed E-state index contributed by atoms with van der Waals surface area (Å²) < 4.78 is 10.3. The molecule has 2 amide bonds. The molecular weight excluding hydrogens is 248 g/mol. The lowest BCUT2D eigenvalue weighted by molar-refractivity contribution is -0.116. The summed E-state index contributed by atoms with van der Waals surface area (Å²) in [5, 5.41) is 2.60. The van der Waals surface area contributed by atoms with Gasteiger partial charge in [0.2, 0.25) is 5.91 Å². The summed E-state index contributed by atoms with van der Waals surface area (Å²) in [6.45, 7) is 4.51. The Balaban J connectivity index is 2.23. The van der Waals surface area contributed by atoms with Gasteiger partial charge in [0.05, 0.1) is 18.8 Å². The van der Waals surface area contributed by atoms with Crippen LogP contribution in [0.3, 0.4) is 0 Å². The van der Waals surface area contributed by atoms with E-state index < -0.39 is 6.09 Å². The van der Waals surface area contributed by atoms with Crippen LogP contribution in [0.4, 0.5) is 16.2 Å². The Bertz CT molecular complexity index is 501. The fraction of sp³-hybridized carbons (Fsp3) is 0.385. The van der Waals surface area contributed by atoms with Gasteiger partial charge in [-0.3, -0.25) is 10.1 Å². The van der Waals surface area contributed by atoms with E-state index >= 15 is 0 Å². The maximum atomic E-state index is 11.6. The summed E-state index contributed by atoms with van der Waals surface area (Å²) in [4.78, 5) is 24.5. The van der Waals surface area contributed by atoms with Gasteiger partial charge in [0.25, 0.3) is 0 Å². The molecule has 2 rings (SSSR count). The summed E-state index contributed by atoms with van der Waals surface area (Å²) >= 11 is 0. The van der Waals surface area contributed by atoms with Crippen molar-refractivity contribution in [2.75, 3.05) is 30.0 Å². The zero-order valence-electron chi connectivity index (χ0n) is 10.9. The van der Waals surface area contributed by atoms with Crippen LogP contribution in [0.1, 0.15) is 13.8 Å². The maximum Gasteiger partial charge on any atom is 0.411 e. The summed E-state index contributed by atoms with van der Waals surface area (Å²) in [5.74, 6) is 0.577. The van der Waals surface area contributed by atoms with Crippen LogP contribution in [0.25, 0.3) is 0 Å². The van der Waals surface area contributed by atoms with Crippen molar-refractivity contribution in [2.45, 2.75) is 13.8 Å². The number of ether oxygens (including phenoxy) is 2. The molecule has 0 spiro atoms. The zero-order chi connectivity index (χ0) is 13.8. The zero-order valence-corrected chi connectivity index (χ0v) is 10.9. The minimum absolute atomic E-state index is 0.0576. The van der Waals surface area contributed by atoms with Crippen molar-refractivity contribution in [1.29, 1.82) is 0 Å². The molecule has 0 saturated carbocycles. The van der Waals surface area contributed by atoms with E-state index in [1.807, 2.05) is 0 Å². The molecule has 0 bridgehead atoms. The van der Waals surface area contributed by atoms with Crippen LogP contribution in [0.2, 0.25) is 0 Å². The molecule has 1 aromatic rings. The smallest absolute Gasteiger partial charge is 0.411 e. The molecule has 1 aliphatic rings. The fourth-order valence-electron chi connectivity index (χ4n) is 1.91. The first-order chi connectivity index (χ1) is 9.11. The highest BCUT2D eigenvalue weighted by Crippen LogP contribution is 2.34. The molecule has 1 aliphatic heterocycles. The van der Waals surface area contributed by atoms with Crippen molar-refractivity contribution in [3.63, 3.8) is 0 Å². The monoisotopic (exact) mass is 264 g/mol. The third kappa shape index (κ3) is 2.96. The number of nitrogens with one attached hydrogen (secondary N) is 1. The van der Waals surface area contributed by atoms with Crippen LogP contribution >= 0.6 is 0 Å². The van der Waals surface area contributed by atoms with E-state index in [1.54, 1.807) is 30.0 Å². The van der Waals surface area contributed by atoms with Crippen molar-refractivity contribution < 1.29 is 19.1 Å². The Morgan fingerprint density at radius 1 is 1.47 bits per heavy atom. The van der Waals surface area contributed by atoms with E-state index in [0.717, 1.165) is 0 Å². The van der Waals surface area contributed by atoms with Gasteiger partial charge in [-0.05, 0) is 25.1 Å². The Kier molecular flexibility index (Phi) is 3.89. The van der Waals surface area contributed by atoms with Gasteiger partial charge in [-0.2, -0.15) is 0 Å². The standard InChI is InChI=1S/C13H16N2O4/c1-3-18-13(17)14-10-4-5-12-11(8-10)15(9(2)16)6-7-19-12/h4-5,8H,3,6-7H2,1-2H3,(H,14,17). The Morgan fingerprint density at radius 3 is 2.95 bits per heavy atom. The number of anilines is 2. The molecule has 6 nitrogen and oxygen atoms in total. The van der Waals surface area contributed by atoms with Gasteiger partial charge in [0, 0.05) is 12.6 Å². The van der Waals surface area contributed by atoms with E-state index in [2.05, 4.69) is 5.32 Å². The fourth-order valence-corrected chi connectivity index (χ4v) is 1.91. The number of amides is 2. The van der Waals surface area contributed by atoms with E-state index in [0.29, 0.717) is 36.9 Å². The Hall–Kier alpha value is -2.24. The molecule has 102 valence electrons. The highest BCUT2D eigenvalue weighted by atomic mass is 16.5. The van der Waals surface area contributed by atoms with Crippen molar-refractivity contribution in [1.82, 2.24) is 0 Å². The molecule has 0 aromatic heterocycles. The van der Waals surface area contributed by atoms with Gasteiger partial charge in [-0.15, -0.1) is 0 Å². The quantitative estimate of drug-likeness (QED) is 0.887. The Labute approximate surface area is 111 Å². The lowest BCUT2D eigenvalue weighted by atomic mass is 10.2. The van der Waals surface area contributed by atoms with Crippen molar-refractivity contribution in [3.05, 3.63) is 18.2 Å². The molecule has 1 heterocycles. The summed E-state index contributed by atoms with van der Waals surface area (Å²) in [7, 11) is 0. The molecule has 6 heteroatoms. The third-order valence-electron chi connectivity index (χ3n) is 2.72. The van der Waals surface area contributed by atoms with Crippen LogP contribution in [0.15, 0.2) is 18.2 Å². The van der Waals surface area contributed by atoms with E-state index in [4.69, 9.17) is 9.47 Å². The van der Waals surface area contributed by atoms with Gasteiger partial charge < -0.3 is 14.4 Å². The highest BCUT2D eigenvalue weighted by molar-refractivity contribution is 5.95. The highest BCUT2D eigenvalue weighted by Gasteiger charge is 2.21. The second-order valence-electron chi connectivity index (χ2n) is 4.05. The predicted octanol–water partition coefficient (Wildman–Crippen LogP) is 2.00. The largest absolute Gasteiger partial charge is 0.490 e. The number of nitrogens with zero attached hydrogens (tertiary/aromatic N) is 1. The lowest BCUT2D eigenvalue weighted by Crippen LogP contribution is -2.36. The number of fused-ring (bicyclic) bond motifs is 1. The molecule has 0 unspecified atom stereocenters. The number of hydrogen-bond donors (Lipinski definition) is 1. The number of carbonyl (C=O) groups excluding carboxylic acids is 2. The van der Waals surface area contributed by atoms with Crippen LogP contribution in [0.5, 0.6) is 5.75 Å². The van der Waals surface area contributed by atoms with Crippen molar-refractivity contribution in [2.24, 2.45) is 0 Å². The minimum atomic E-state index is -0.520. The second-order valence-corrected chi connectivity index (χ2v) is 4.05. The number of carbonyl (C=O) groups is 2. The summed E-state index contributed by atoms with van der Waals surface area (Å²) in [5.41, 5.74) is 1.22. The van der Waals surface area contributed by atoms with Crippen LogP contribution in [-0.4, -0.2) is 31.8 Å². The van der Waals surface area contributed by atoms with Gasteiger partial charge in [-0.1, -0.05) is 0 Å². The normalized spacial score (nSPS) is 13.3. The SMILES string of the molecule is CCOC(=O)Nc1ccc2c(c1)N(C(C)=O)CCO2. The number of rotatable bonds is 2. The van der Waals surface area contributed by atoms with Gasteiger partial charge in [0.1, 0.15) is 12.4 Å². The number of hydrogen-bond acceptors (Lipinski definition) is 4. The second kappa shape index (κ2) is 5.60. The molecule has 0 atom stereocenters. The summed E-state index contributed by atoms with van der Waals surface area (Å²) in [6, 6.07) is 5.14. The molecule has 0 aliphatic carbocycles. The molecule has 1 aromatic carbocycles. The average Bonchev–Trinajstić information content (AvgIpc) is 2.38. The maximum absolute atomic E-state index is 11.6. The number of benzene rings is 1. The first kappa shape index (κ1) is 13.2. The molecule has 0 radical (unpaired) electrons. The molecule has 0 fully saturated rings. The van der Waals surface area contributed by atoms with Crippen molar-refractivity contribution >= 4 is 23.4 Å². The third-order valence-corrected chi connectivity index (χ3v) is 2.72. The Morgan fingerprint density at radius 2 is 2.26 bits per heavy atom. The van der Waals surface area contributed by atoms with Crippen LogP contribution in [0, 0.1) is 0 Å².